The number of pyridine rings is 1. The SMILES string of the molecule is Cc1ccc(-n2cnc([C@]3(C#N)C[C@H]3CCCN(C(=O)O)C(=O)O)c2)nc1. The summed E-state index contributed by atoms with van der Waals surface area (Å²) in [5, 5.41) is 27.4. The van der Waals surface area contributed by atoms with Gasteiger partial charge in [0.15, 0.2) is 0 Å². The van der Waals surface area contributed by atoms with Crippen molar-refractivity contribution < 1.29 is 19.8 Å². The third-order valence-electron chi connectivity index (χ3n) is 4.90. The molecule has 0 radical (unpaired) electrons. The molecule has 0 unspecified atom stereocenters. The van der Waals surface area contributed by atoms with E-state index < -0.39 is 17.6 Å². The van der Waals surface area contributed by atoms with Gasteiger partial charge in [0.05, 0.1) is 11.8 Å². The van der Waals surface area contributed by atoms with Gasteiger partial charge in [-0.3, -0.25) is 4.57 Å². The second kappa shape index (κ2) is 7.07. The predicted octanol–water partition coefficient (Wildman–Crippen LogP) is 2.80. The predicted molar refractivity (Wildman–Crippen MR) is 93.5 cm³/mol. The molecule has 0 aromatic carbocycles. The van der Waals surface area contributed by atoms with Crippen molar-refractivity contribution in [2.75, 3.05) is 6.54 Å². The second-order valence-electron chi connectivity index (χ2n) is 6.70. The third kappa shape index (κ3) is 3.60. The molecule has 0 bridgehead atoms. The number of nitrogens with zero attached hydrogens (tertiary/aromatic N) is 5. The van der Waals surface area contributed by atoms with Gasteiger partial charge in [0.2, 0.25) is 0 Å². The largest absolute Gasteiger partial charge is 0.465 e. The fourth-order valence-electron chi connectivity index (χ4n) is 3.25. The van der Waals surface area contributed by atoms with Crippen molar-refractivity contribution in [1.29, 1.82) is 5.26 Å². The zero-order valence-electron chi connectivity index (χ0n) is 14.7. The zero-order chi connectivity index (χ0) is 19.6. The number of imide groups is 1. The van der Waals surface area contributed by atoms with Crippen LogP contribution in [-0.2, 0) is 5.41 Å². The molecule has 27 heavy (non-hydrogen) atoms. The smallest absolute Gasteiger partial charge is 0.416 e. The van der Waals surface area contributed by atoms with Gasteiger partial charge in [-0.25, -0.2) is 24.5 Å². The monoisotopic (exact) mass is 369 g/mol. The fraction of sp³-hybridized carbons (Fsp3) is 0.389. The Kier molecular flexibility index (Phi) is 4.81. The van der Waals surface area contributed by atoms with Crippen LogP contribution in [0.3, 0.4) is 0 Å². The van der Waals surface area contributed by atoms with Crippen molar-refractivity contribution >= 4 is 12.2 Å². The first kappa shape index (κ1) is 18.4. The van der Waals surface area contributed by atoms with E-state index in [1.54, 1.807) is 23.3 Å². The van der Waals surface area contributed by atoms with Crippen LogP contribution in [-0.4, -0.2) is 48.4 Å². The summed E-state index contributed by atoms with van der Waals surface area (Å²) in [4.78, 5) is 30.8. The van der Waals surface area contributed by atoms with E-state index in [-0.39, 0.29) is 12.5 Å². The van der Waals surface area contributed by atoms with E-state index in [2.05, 4.69) is 16.0 Å². The van der Waals surface area contributed by atoms with E-state index in [0.717, 1.165) is 5.56 Å². The van der Waals surface area contributed by atoms with Crippen molar-refractivity contribution in [3.63, 3.8) is 0 Å². The van der Waals surface area contributed by atoms with Gasteiger partial charge < -0.3 is 10.2 Å². The molecule has 2 atom stereocenters. The molecule has 0 saturated heterocycles. The lowest BCUT2D eigenvalue weighted by atomic mass is 9.99. The van der Waals surface area contributed by atoms with Crippen LogP contribution in [0.25, 0.3) is 5.82 Å². The Morgan fingerprint density at radius 1 is 1.37 bits per heavy atom. The van der Waals surface area contributed by atoms with Gasteiger partial charge in [-0.05, 0) is 43.7 Å². The van der Waals surface area contributed by atoms with Crippen LogP contribution >= 0.6 is 0 Å². The maximum Gasteiger partial charge on any atom is 0.416 e. The molecule has 2 heterocycles. The van der Waals surface area contributed by atoms with Crippen LogP contribution < -0.4 is 0 Å². The standard InChI is InChI=1S/C18H19N5O4/c1-12-4-5-15(20-8-12)22-9-14(21-11-22)18(10-19)7-13(18)3-2-6-23(16(24)25)17(26)27/h4-5,8-9,11,13H,2-3,6-7H2,1H3,(H,24,25)(H,26,27)/t13-,18+/m1/s1. The number of aromatic nitrogens is 3. The third-order valence-corrected chi connectivity index (χ3v) is 4.90. The highest BCUT2D eigenvalue weighted by Crippen LogP contribution is 2.55. The van der Waals surface area contributed by atoms with Crippen molar-refractivity contribution in [1.82, 2.24) is 19.4 Å². The lowest BCUT2D eigenvalue weighted by molar-refractivity contribution is 0.122. The first-order chi connectivity index (χ1) is 12.9. The Bertz CT molecular complexity index is 887. The van der Waals surface area contributed by atoms with Crippen LogP contribution in [0.1, 0.15) is 30.5 Å². The minimum Gasteiger partial charge on any atom is -0.465 e. The van der Waals surface area contributed by atoms with Gasteiger partial charge in [-0.2, -0.15) is 5.26 Å². The highest BCUT2D eigenvalue weighted by molar-refractivity contribution is 5.85. The minimum atomic E-state index is -1.49. The first-order valence-electron chi connectivity index (χ1n) is 8.49. The molecular weight excluding hydrogens is 350 g/mol. The lowest BCUT2D eigenvalue weighted by Gasteiger charge is -2.13. The number of amides is 2. The molecule has 3 rings (SSSR count). The van der Waals surface area contributed by atoms with E-state index in [0.29, 0.717) is 35.7 Å². The highest BCUT2D eigenvalue weighted by Gasteiger charge is 2.57. The van der Waals surface area contributed by atoms with Crippen LogP contribution in [0, 0.1) is 24.2 Å². The molecule has 1 aliphatic rings. The maximum absolute atomic E-state index is 10.9. The van der Waals surface area contributed by atoms with E-state index >= 15 is 0 Å². The molecule has 1 fully saturated rings. The number of rotatable bonds is 6. The summed E-state index contributed by atoms with van der Waals surface area (Å²) >= 11 is 0. The number of hydrogen-bond donors (Lipinski definition) is 2. The van der Waals surface area contributed by atoms with Gasteiger partial charge in [0, 0.05) is 18.9 Å². The van der Waals surface area contributed by atoms with Gasteiger partial charge >= 0.3 is 12.2 Å². The first-order valence-corrected chi connectivity index (χ1v) is 8.49. The number of nitriles is 1. The van der Waals surface area contributed by atoms with Crippen molar-refractivity contribution in [2.24, 2.45) is 5.92 Å². The average molecular weight is 369 g/mol. The minimum absolute atomic E-state index is 0.0290. The van der Waals surface area contributed by atoms with E-state index in [9.17, 15) is 14.9 Å². The summed E-state index contributed by atoms with van der Waals surface area (Å²) in [6.45, 7) is 1.84. The maximum atomic E-state index is 10.9. The Labute approximate surface area is 155 Å². The van der Waals surface area contributed by atoms with E-state index in [1.165, 1.54) is 0 Å². The Hall–Kier alpha value is -3.41. The summed E-state index contributed by atoms with van der Waals surface area (Å²) in [6.07, 6.45) is 3.74. The molecule has 9 nitrogen and oxygen atoms in total. The molecule has 2 amide bonds. The van der Waals surface area contributed by atoms with Crippen molar-refractivity contribution in [2.45, 2.75) is 31.6 Å². The van der Waals surface area contributed by atoms with Crippen molar-refractivity contribution in [3.8, 4) is 11.9 Å². The van der Waals surface area contributed by atoms with Gasteiger partial charge in [0.25, 0.3) is 0 Å². The Balaban J connectivity index is 1.65. The summed E-state index contributed by atoms with van der Waals surface area (Å²) in [5.74, 6) is 0.740. The summed E-state index contributed by atoms with van der Waals surface area (Å²) in [6, 6.07) is 6.15. The highest BCUT2D eigenvalue weighted by atomic mass is 16.4. The lowest BCUT2D eigenvalue weighted by Crippen LogP contribution is -2.35. The molecule has 2 aromatic heterocycles. The Morgan fingerprint density at radius 2 is 2.11 bits per heavy atom. The summed E-state index contributed by atoms with van der Waals surface area (Å²) < 4.78 is 1.76. The molecule has 1 saturated carbocycles. The number of imidazole rings is 1. The number of carboxylic acid groups (broad SMARTS) is 2. The molecule has 0 spiro atoms. The second-order valence-corrected chi connectivity index (χ2v) is 6.70. The molecule has 2 aromatic rings. The molecule has 9 heteroatoms. The number of hydrogen-bond acceptors (Lipinski definition) is 5. The number of carbonyl (C=O) groups is 2. The fourth-order valence-corrected chi connectivity index (χ4v) is 3.25. The van der Waals surface area contributed by atoms with Crippen LogP contribution in [0.15, 0.2) is 30.9 Å². The summed E-state index contributed by atoms with van der Waals surface area (Å²) in [7, 11) is 0. The van der Waals surface area contributed by atoms with E-state index in [4.69, 9.17) is 10.2 Å². The average Bonchev–Trinajstić information content (AvgIpc) is 3.12. The molecular formula is C18H19N5O4. The Morgan fingerprint density at radius 3 is 2.70 bits per heavy atom. The number of aryl methyl sites for hydroxylation is 1. The quantitative estimate of drug-likeness (QED) is 0.800. The molecule has 140 valence electrons. The van der Waals surface area contributed by atoms with E-state index in [1.807, 2.05) is 19.1 Å². The van der Waals surface area contributed by atoms with Gasteiger partial charge in [-0.15, -0.1) is 0 Å². The van der Waals surface area contributed by atoms with Gasteiger partial charge in [0.1, 0.15) is 17.6 Å². The normalized spacial score (nSPS) is 20.7. The molecule has 1 aliphatic carbocycles. The summed E-state index contributed by atoms with van der Waals surface area (Å²) in [5.41, 5.74) is 1.00. The van der Waals surface area contributed by atoms with Crippen LogP contribution in [0.4, 0.5) is 9.59 Å². The molecule has 0 aliphatic heterocycles. The zero-order valence-corrected chi connectivity index (χ0v) is 14.7. The van der Waals surface area contributed by atoms with Crippen LogP contribution in [0.2, 0.25) is 0 Å². The van der Waals surface area contributed by atoms with Crippen molar-refractivity contribution in [3.05, 3.63) is 42.1 Å². The van der Waals surface area contributed by atoms with Gasteiger partial charge in [-0.1, -0.05) is 6.07 Å². The molecule has 2 N–H and O–H groups in total. The topological polar surface area (TPSA) is 132 Å². The van der Waals surface area contributed by atoms with Crippen LogP contribution in [0.5, 0.6) is 0 Å².